The molecule has 0 radical (unpaired) electrons. The second-order valence-electron chi connectivity index (χ2n) is 2.99. The van der Waals surface area contributed by atoms with Crippen LogP contribution in [0.25, 0.3) is 0 Å². The van der Waals surface area contributed by atoms with Crippen LogP contribution in [-0.4, -0.2) is 0 Å². The van der Waals surface area contributed by atoms with Gasteiger partial charge in [0.2, 0.25) is 0 Å². The predicted molar refractivity (Wildman–Crippen MR) is 55.8 cm³/mol. The first-order chi connectivity index (χ1) is 5.60. The monoisotopic (exact) mass is 165 g/mol. The topological polar surface area (TPSA) is 12.0 Å². The van der Waals surface area contributed by atoms with Crippen LogP contribution in [0.1, 0.15) is 34.1 Å². The molecule has 0 fully saturated rings. The summed E-state index contributed by atoms with van der Waals surface area (Å²) in [5.41, 5.74) is 3.47. The van der Waals surface area contributed by atoms with Gasteiger partial charge in [-0.2, -0.15) is 0 Å². The summed E-state index contributed by atoms with van der Waals surface area (Å²) < 4.78 is 0. The van der Waals surface area contributed by atoms with Crippen LogP contribution in [0.3, 0.4) is 0 Å². The zero-order valence-corrected chi connectivity index (χ0v) is 8.57. The van der Waals surface area contributed by atoms with Gasteiger partial charge in [0.1, 0.15) is 0 Å². The van der Waals surface area contributed by atoms with Gasteiger partial charge in [-0.25, -0.2) is 0 Å². The quantitative estimate of drug-likeness (QED) is 0.630. The fraction of sp³-hybridized carbons (Fsp3) is 0.455. The van der Waals surface area contributed by atoms with Gasteiger partial charge >= 0.3 is 0 Å². The normalized spacial score (nSPS) is 13.0. The Bertz CT molecular complexity index is 209. The summed E-state index contributed by atoms with van der Waals surface area (Å²) >= 11 is 0. The van der Waals surface area contributed by atoms with Crippen molar-refractivity contribution in [2.45, 2.75) is 34.1 Å². The summed E-state index contributed by atoms with van der Waals surface area (Å²) in [6.45, 7) is 12.1. The van der Waals surface area contributed by atoms with E-state index >= 15 is 0 Å². The lowest BCUT2D eigenvalue weighted by Gasteiger charge is -2.06. The zero-order chi connectivity index (χ0) is 9.56. The molecule has 0 saturated carbocycles. The number of allylic oxidation sites excluding steroid dienone is 4. The molecule has 0 aliphatic carbocycles. The van der Waals surface area contributed by atoms with Gasteiger partial charge < -0.3 is 5.32 Å². The highest BCUT2D eigenvalue weighted by atomic mass is 14.9. The summed E-state index contributed by atoms with van der Waals surface area (Å²) in [4.78, 5) is 0. The van der Waals surface area contributed by atoms with E-state index < -0.39 is 0 Å². The molecular weight excluding hydrogens is 146 g/mol. The van der Waals surface area contributed by atoms with Crippen LogP contribution in [0.15, 0.2) is 35.7 Å². The average Bonchev–Trinajstić information content (AvgIpc) is 2.02. The third-order valence-electron chi connectivity index (χ3n) is 1.63. The van der Waals surface area contributed by atoms with Crippen molar-refractivity contribution in [2.75, 3.05) is 0 Å². The fourth-order valence-corrected chi connectivity index (χ4v) is 0.806. The molecule has 12 heavy (non-hydrogen) atoms. The maximum atomic E-state index is 3.79. The summed E-state index contributed by atoms with van der Waals surface area (Å²) in [6, 6.07) is 0. The SMILES string of the molecule is C=C(C)NC(/C=C(/C)CC)=C\C. The standard InChI is InChI=1S/C11H19N/c1-6-10(5)8-11(7-2)12-9(3)4/h7-8,12H,3,6H2,1-2,4-5H3/b10-8-,11-7-. The number of rotatable bonds is 4. The van der Waals surface area contributed by atoms with Crippen molar-refractivity contribution in [2.24, 2.45) is 0 Å². The van der Waals surface area contributed by atoms with E-state index in [-0.39, 0.29) is 0 Å². The largest absolute Gasteiger partial charge is 0.360 e. The highest BCUT2D eigenvalue weighted by Gasteiger charge is 1.90. The molecule has 0 amide bonds. The Morgan fingerprint density at radius 2 is 2.00 bits per heavy atom. The number of nitrogens with one attached hydrogen (secondary N) is 1. The summed E-state index contributed by atoms with van der Waals surface area (Å²) in [7, 11) is 0. The van der Waals surface area contributed by atoms with Crippen molar-refractivity contribution < 1.29 is 0 Å². The van der Waals surface area contributed by atoms with E-state index in [0.29, 0.717) is 0 Å². The lowest BCUT2D eigenvalue weighted by molar-refractivity contribution is 0.988. The van der Waals surface area contributed by atoms with Crippen molar-refractivity contribution in [3.8, 4) is 0 Å². The van der Waals surface area contributed by atoms with E-state index in [9.17, 15) is 0 Å². The smallest absolute Gasteiger partial charge is 0.0337 e. The minimum atomic E-state index is 0.975. The first-order valence-corrected chi connectivity index (χ1v) is 4.36. The Labute approximate surface area is 75.9 Å². The molecule has 1 N–H and O–H groups in total. The Balaban J connectivity index is 4.29. The van der Waals surface area contributed by atoms with Crippen molar-refractivity contribution in [3.05, 3.63) is 35.7 Å². The first-order valence-electron chi connectivity index (χ1n) is 4.36. The fourth-order valence-electron chi connectivity index (χ4n) is 0.806. The molecule has 0 aromatic rings. The highest BCUT2D eigenvalue weighted by molar-refractivity contribution is 5.23. The van der Waals surface area contributed by atoms with Gasteiger partial charge in [-0.15, -0.1) is 0 Å². The maximum absolute atomic E-state index is 3.79. The van der Waals surface area contributed by atoms with E-state index in [1.165, 1.54) is 5.57 Å². The van der Waals surface area contributed by atoms with Crippen LogP contribution in [0, 0.1) is 0 Å². The minimum absolute atomic E-state index is 0.975. The van der Waals surface area contributed by atoms with Gasteiger partial charge in [0, 0.05) is 11.4 Å². The van der Waals surface area contributed by atoms with Crippen LogP contribution in [0.5, 0.6) is 0 Å². The molecule has 0 aromatic carbocycles. The third kappa shape index (κ3) is 4.78. The van der Waals surface area contributed by atoms with Crippen LogP contribution >= 0.6 is 0 Å². The van der Waals surface area contributed by atoms with Crippen LogP contribution < -0.4 is 5.32 Å². The molecule has 0 spiro atoms. The lowest BCUT2D eigenvalue weighted by Crippen LogP contribution is -2.07. The van der Waals surface area contributed by atoms with Crippen LogP contribution in [0.4, 0.5) is 0 Å². The molecule has 1 heteroatoms. The molecule has 0 unspecified atom stereocenters. The molecule has 0 atom stereocenters. The van der Waals surface area contributed by atoms with E-state index in [0.717, 1.165) is 17.8 Å². The van der Waals surface area contributed by atoms with Gasteiger partial charge in [-0.05, 0) is 33.3 Å². The Kier molecular flexibility index (Phi) is 5.18. The Hall–Kier alpha value is -0.980. The average molecular weight is 165 g/mol. The van der Waals surface area contributed by atoms with Gasteiger partial charge in [0.05, 0.1) is 0 Å². The summed E-state index contributed by atoms with van der Waals surface area (Å²) in [6.07, 6.45) is 5.29. The van der Waals surface area contributed by atoms with Gasteiger partial charge in [0.25, 0.3) is 0 Å². The molecule has 0 aliphatic heterocycles. The molecule has 0 rings (SSSR count). The second-order valence-corrected chi connectivity index (χ2v) is 2.99. The number of hydrogen-bond acceptors (Lipinski definition) is 1. The van der Waals surface area contributed by atoms with E-state index in [1.54, 1.807) is 0 Å². The Morgan fingerprint density at radius 1 is 1.42 bits per heavy atom. The van der Waals surface area contributed by atoms with Gasteiger partial charge in [-0.1, -0.05) is 25.2 Å². The van der Waals surface area contributed by atoms with Crippen LogP contribution in [-0.2, 0) is 0 Å². The molecule has 0 aromatic heterocycles. The number of hydrogen-bond donors (Lipinski definition) is 1. The maximum Gasteiger partial charge on any atom is 0.0337 e. The van der Waals surface area contributed by atoms with Crippen molar-refractivity contribution in [1.82, 2.24) is 5.32 Å². The predicted octanol–water partition coefficient (Wildman–Crippen LogP) is 3.37. The molecule has 0 aliphatic rings. The Morgan fingerprint density at radius 3 is 2.33 bits per heavy atom. The third-order valence-corrected chi connectivity index (χ3v) is 1.63. The molecule has 68 valence electrons. The van der Waals surface area contributed by atoms with E-state index in [2.05, 4.69) is 31.8 Å². The lowest BCUT2D eigenvalue weighted by atomic mass is 10.2. The first kappa shape index (κ1) is 11.0. The molecule has 0 heterocycles. The van der Waals surface area contributed by atoms with Crippen molar-refractivity contribution >= 4 is 0 Å². The van der Waals surface area contributed by atoms with Gasteiger partial charge in [0.15, 0.2) is 0 Å². The van der Waals surface area contributed by atoms with Crippen molar-refractivity contribution in [3.63, 3.8) is 0 Å². The van der Waals surface area contributed by atoms with E-state index in [1.807, 2.05) is 19.9 Å². The van der Waals surface area contributed by atoms with Crippen LogP contribution in [0.2, 0.25) is 0 Å². The molecule has 0 bridgehead atoms. The highest BCUT2D eigenvalue weighted by Crippen LogP contribution is 2.04. The summed E-state index contributed by atoms with van der Waals surface area (Å²) in [5, 5.41) is 3.18. The minimum Gasteiger partial charge on any atom is -0.360 e. The summed E-state index contributed by atoms with van der Waals surface area (Å²) in [5.74, 6) is 0. The molecular formula is C11H19N. The zero-order valence-electron chi connectivity index (χ0n) is 8.57. The van der Waals surface area contributed by atoms with Crippen molar-refractivity contribution in [1.29, 1.82) is 0 Å². The molecule has 1 nitrogen and oxygen atoms in total. The van der Waals surface area contributed by atoms with E-state index in [4.69, 9.17) is 0 Å². The van der Waals surface area contributed by atoms with Gasteiger partial charge in [-0.3, -0.25) is 0 Å². The molecule has 0 saturated heterocycles. The second kappa shape index (κ2) is 5.64.